The van der Waals surface area contributed by atoms with Crippen molar-refractivity contribution in [3.63, 3.8) is 0 Å². The Balaban J connectivity index is 1.99. The molecule has 0 spiro atoms. The molecule has 2 aromatic carbocycles. The molecule has 0 saturated heterocycles. The van der Waals surface area contributed by atoms with E-state index >= 15 is 0 Å². The maximum Gasteiger partial charge on any atom is 0.263 e. The minimum Gasteiger partial charge on any atom is -0.381 e. The molecular weight excluding hydrogens is 258 g/mol. The fourth-order valence-corrected chi connectivity index (χ4v) is 1.88. The number of rotatable bonds is 5. The van der Waals surface area contributed by atoms with Crippen LogP contribution >= 0.6 is 0 Å². The molecule has 2 aromatic rings. The molecule has 1 N–H and O–H groups in total. The molecule has 0 aliphatic carbocycles. The molecule has 0 aliphatic rings. The summed E-state index contributed by atoms with van der Waals surface area (Å²) in [5.41, 5.74) is 3.16. The van der Waals surface area contributed by atoms with E-state index in [1.165, 1.54) is 12.1 Å². The molecule has 0 saturated carbocycles. The van der Waals surface area contributed by atoms with E-state index in [4.69, 9.17) is 0 Å². The van der Waals surface area contributed by atoms with E-state index in [2.05, 4.69) is 5.32 Å². The minimum atomic E-state index is -2.41. The van der Waals surface area contributed by atoms with Crippen LogP contribution < -0.4 is 10.2 Å². The quantitative estimate of drug-likeness (QED) is 0.875. The second kappa shape index (κ2) is 6.37. The fourth-order valence-electron chi connectivity index (χ4n) is 1.88. The van der Waals surface area contributed by atoms with Gasteiger partial charge in [-0.25, -0.2) is 8.78 Å². The lowest BCUT2D eigenvalue weighted by molar-refractivity contribution is 0.151. The molecule has 0 heterocycles. The number of benzene rings is 2. The second-order valence-electron chi connectivity index (χ2n) is 4.84. The van der Waals surface area contributed by atoms with Crippen LogP contribution in [0.3, 0.4) is 0 Å². The van der Waals surface area contributed by atoms with Gasteiger partial charge in [0, 0.05) is 37.6 Å². The van der Waals surface area contributed by atoms with Crippen molar-refractivity contribution in [3.05, 3.63) is 59.7 Å². The van der Waals surface area contributed by atoms with Crippen LogP contribution in [0.15, 0.2) is 48.5 Å². The van der Waals surface area contributed by atoms with Crippen molar-refractivity contribution in [2.45, 2.75) is 13.0 Å². The van der Waals surface area contributed by atoms with Gasteiger partial charge < -0.3 is 10.2 Å². The summed E-state index contributed by atoms with van der Waals surface area (Å²) in [6.07, 6.45) is -2.41. The number of alkyl halides is 2. The highest BCUT2D eigenvalue weighted by atomic mass is 19.3. The number of halogens is 2. The molecule has 0 amide bonds. The summed E-state index contributed by atoms with van der Waals surface area (Å²) in [6.45, 7) is 0.612. The van der Waals surface area contributed by atoms with Gasteiger partial charge in [-0.3, -0.25) is 0 Å². The fraction of sp³-hybridized carbons (Fsp3) is 0.250. The molecule has 20 heavy (non-hydrogen) atoms. The molecule has 0 unspecified atom stereocenters. The molecule has 0 bridgehead atoms. The highest BCUT2D eigenvalue weighted by molar-refractivity contribution is 5.57. The smallest absolute Gasteiger partial charge is 0.263 e. The van der Waals surface area contributed by atoms with E-state index in [0.29, 0.717) is 6.54 Å². The van der Waals surface area contributed by atoms with Gasteiger partial charge in [-0.2, -0.15) is 0 Å². The zero-order valence-corrected chi connectivity index (χ0v) is 11.6. The SMILES string of the molecule is CN(C)c1cccc(NCc2ccc(C(F)F)cc2)c1. The highest BCUT2D eigenvalue weighted by Crippen LogP contribution is 2.20. The predicted octanol–water partition coefficient (Wildman–Crippen LogP) is 4.30. The summed E-state index contributed by atoms with van der Waals surface area (Å²) in [5.74, 6) is 0. The monoisotopic (exact) mass is 276 g/mol. The Bertz CT molecular complexity index is 551. The average molecular weight is 276 g/mol. The zero-order valence-electron chi connectivity index (χ0n) is 11.6. The Morgan fingerprint density at radius 1 is 1.05 bits per heavy atom. The topological polar surface area (TPSA) is 15.3 Å². The minimum absolute atomic E-state index is 0.0587. The van der Waals surface area contributed by atoms with Crippen molar-refractivity contribution < 1.29 is 8.78 Å². The van der Waals surface area contributed by atoms with Crippen LogP contribution in [-0.4, -0.2) is 14.1 Å². The van der Waals surface area contributed by atoms with Crippen LogP contribution in [0.4, 0.5) is 20.2 Å². The van der Waals surface area contributed by atoms with Gasteiger partial charge in [-0.1, -0.05) is 30.3 Å². The van der Waals surface area contributed by atoms with Gasteiger partial charge in [0.2, 0.25) is 0 Å². The molecule has 2 nitrogen and oxygen atoms in total. The van der Waals surface area contributed by atoms with Gasteiger partial charge in [-0.15, -0.1) is 0 Å². The van der Waals surface area contributed by atoms with Crippen LogP contribution in [-0.2, 0) is 6.54 Å². The van der Waals surface area contributed by atoms with Crippen LogP contribution in [0, 0.1) is 0 Å². The first-order valence-corrected chi connectivity index (χ1v) is 6.44. The second-order valence-corrected chi connectivity index (χ2v) is 4.84. The lowest BCUT2D eigenvalue weighted by Gasteiger charge is -2.14. The van der Waals surface area contributed by atoms with Gasteiger partial charge in [0.25, 0.3) is 6.43 Å². The van der Waals surface area contributed by atoms with Crippen molar-refractivity contribution in [1.29, 1.82) is 0 Å². The summed E-state index contributed by atoms with van der Waals surface area (Å²) in [5, 5.41) is 3.29. The number of anilines is 2. The zero-order chi connectivity index (χ0) is 14.5. The standard InChI is InChI=1S/C16H18F2N2/c1-20(2)15-5-3-4-14(10-15)19-11-12-6-8-13(9-7-12)16(17)18/h3-10,16,19H,11H2,1-2H3. The van der Waals surface area contributed by atoms with E-state index in [1.54, 1.807) is 12.1 Å². The lowest BCUT2D eigenvalue weighted by Crippen LogP contribution is -2.09. The molecule has 106 valence electrons. The summed E-state index contributed by atoms with van der Waals surface area (Å²) in [7, 11) is 3.98. The van der Waals surface area contributed by atoms with Crippen LogP contribution in [0.5, 0.6) is 0 Å². The molecule has 0 fully saturated rings. The van der Waals surface area contributed by atoms with E-state index in [0.717, 1.165) is 16.9 Å². The van der Waals surface area contributed by atoms with Gasteiger partial charge in [0.05, 0.1) is 0 Å². The first kappa shape index (κ1) is 14.3. The molecule has 0 radical (unpaired) electrons. The van der Waals surface area contributed by atoms with Crippen LogP contribution in [0.2, 0.25) is 0 Å². The number of nitrogens with one attached hydrogen (secondary N) is 1. The molecule has 0 aliphatic heterocycles. The van der Waals surface area contributed by atoms with Gasteiger partial charge >= 0.3 is 0 Å². The number of hydrogen-bond acceptors (Lipinski definition) is 2. The van der Waals surface area contributed by atoms with Crippen molar-refractivity contribution in [3.8, 4) is 0 Å². The summed E-state index contributed by atoms with van der Waals surface area (Å²) in [4.78, 5) is 2.03. The Labute approximate surface area is 118 Å². The van der Waals surface area contributed by atoms with Gasteiger partial charge in [-0.05, 0) is 23.8 Å². The summed E-state index contributed by atoms with van der Waals surface area (Å²) in [6, 6.07) is 14.4. The lowest BCUT2D eigenvalue weighted by atomic mass is 10.1. The summed E-state index contributed by atoms with van der Waals surface area (Å²) < 4.78 is 24.9. The third-order valence-corrected chi connectivity index (χ3v) is 3.09. The third-order valence-electron chi connectivity index (χ3n) is 3.09. The van der Waals surface area contributed by atoms with Crippen molar-refractivity contribution >= 4 is 11.4 Å². The van der Waals surface area contributed by atoms with E-state index in [9.17, 15) is 8.78 Å². The van der Waals surface area contributed by atoms with Crippen molar-refractivity contribution in [2.24, 2.45) is 0 Å². The normalized spacial score (nSPS) is 10.7. The Morgan fingerprint density at radius 3 is 2.35 bits per heavy atom. The predicted molar refractivity (Wildman–Crippen MR) is 79.5 cm³/mol. The average Bonchev–Trinajstić information content (AvgIpc) is 2.46. The van der Waals surface area contributed by atoms with Crippen LogP contribution in [0.25, 0.3) is 0 Å². The highest BCUT2D eigenvalue weighted by Gasteiger charge is 2.05. The number of nitrogens with zero attached hydrogens (tertiary/aromatic N) is 1. The maximum atomic E-state index is 12.4. The first-order valence-electron chi connectivity index (χ1n) is 6.44. The molecule has 0 atom stereocenters. The Morgan fingerprint density at radius 2 is 1.75 bits per heavy atom. The van der Waals surface area contributed by atoms with E-state index in [1.807, 2.05) is 43.3 Å². The number of hydrogen-bond donors (Lipinski definition) is 1. The Hall–Kier alpha value is -2.10. The summed E-state index contributed by atoms with van der Waals surface area (Å²) >= 11 is 0. The van der Waals surface area contributed by atoms with Gasteiger partial charge in [0.15, 0.2) is 0 Å². The maximum absolute atomic E-state index is 12.4. The largest absolute Gasteiger partial charge is 0.381 e. The molecule has 0 aromatic heterocycles. The third kappa shape index (κ3) is 3.70. The van der Waals surface area contributed by atoms with Gasteiger partial charge in [0.1, 0.15) is 0 Å². The molecular formula is C16H18F2N2. The Kier molecular flexibility index (Phi) is 4.56. The first-order chi connectivity index (χ1) is 9.56. The van der Waals surface area contributed by atoms with Crippen molar-refractivity contribution in [1.82, 2.24) is 0 Å². The molecule has 2 rings (SSSR count). The van der Waals surface area contributed by atoms with Crippen LogP contribution in [0.1, 0.15) is 17.6 Å². The molecule has 4 heteroatoms. The van der Waals surface area contributed by atoms with Crippen molar-refractivity contribution in [2.75, 3.05) is 24.3 Å². The van der Waals surface area contributed by atoms with E-state index < -0.39 is 6.43 Å². The van der Waals surface area contributed by atoms with E-state index in [-0.39, 0.29) is 5.56 Å².